The highest BCUT2D eigenvalue weighted by Crippen LogP contribution is 2.26. The molecular weight excluding hydrogens is 378 g/mol. The molecule has 3 aromatic carbocycles. The molecule has 0 radical (unpaired) electrons. The summed E-state index contributed by atoms with van der Waals surface area (Å²) in [5.41, 5.74) is 13.3. The van der Waals surface area contributed by atoms with E-state index in [1.165, 1.54) is 5.56 Å². The third-order valence-corrected chi connectivity index (χ3v) is 5.44. The fourth-order valence-electron chi connectivity index (χ4n) is 3.72. The Hall–Kier alpha value is -3.77. The monoisotopic (exact) mass is 405 g/mol. The average molecular weight is 406 g/mol. The molecule has 0 spiro atoms. The predicted molar refractivity (Wildman–Crippen MR) is 129 cm³/mol. The SMILES string of the molecule is CCCc1nc(C#Cc2ccccc2)c(C)n1Cc1ccc(-c2ccccc2N)cc1. The molecule has 3 heteroatoms. The van der Waals surface area contributed by atoms with Crippen LogP contribution in [0.1, 0.15) is 41.7 Å². The number of nitrogens with zero attached hydrogens (tertiary/aromatic N) is 2. The van der Waals surface area contributed by atoms with Gasteiger partial charge in [0, 0.05) is 29.8 Å². The molecule has 3 nitrogen and oxygen atoms in total. The number of aryl methyl sites for hydroxylation is 1. The lowest BCUT2D eigenvalue weighted by molar-refractivity contribution is 0.689. The van der Waals surface area contributed by atoms with Gasteiger partial charge in [0.25, 0.3) is 0 Å². The Balaban J connectivity index is 1.61. The zero-order chi connectivity index (χ0) is 21.6. The Morgan fingerprint density at radius 2 is 1.58 bits per heavy atom. The van der Waals surface area contributed by atoms with Crippen molar-refractivity contribution in [2.75, 3.05) is 5.73 Å². The van der Waals surface area contributed by atoms with Gasteiger partial charge in [0.2, 0.25) is 0 Å². The first-order valence-electron chi connectivity index (χ1n) is 10.7. The third kappa shape index (κ3) is 4.70. The van der Waals surface area contributed by atoms with Crippen LogP contribution < -0.4 is 5.73 Å². The second kappa shape index (κ2) is 9.36. The molecule has 0 saturated heterocycles. The maximum atomic E-state index is 6.14. The Labute approximate surface area is 184 Å². The highest BCUT2D eigenvalue weighted by Gasteiger charge is 2.13. The third-order valence-electron chi connectivity index (χ3n) is 5.44. The van der Waals surface area contributed by atoms with Gasteiger partial charge in [0.05, 0.1) is 5.69 Å². The van der Waals surface area contributed by atoms with Crippen LogP contribution in [0.2, 0.25) is 0 Å². The minimum atomic E-state index is 0.783. The van der Waals surface area contributed by atoms with Crippen molar-refractivity contribution in [3.05, 3.63) is 107 Å². The van der Waals surface area contributed by atoms with Gasteiger partial charge in [-0.05, 0) is 48.6 Å². The lowest BCUT2D eigenvalue weighted by atomic mass is 10.0. The fraction of sp³-hybridized carbons (Fsp3) is 0.179. The van der Waals surface area contributed by atoms with E-state index < -0.39 is 0 Å². The zero-order valence-electron chi connectivity index (χ0n) is 18.1. The molecule has 0 unspecified atom stereocenters. The summed E-state index contributed by atoms with van der Waals surface area (Å²) in [6, 6.07) is 26.7. The number of benzene rings is 3. The smallest absolute Gasteiger partial charge is 0.134 e. The predicted octanol–water partition coefficient (Wildman–Crippen LogP) is 5.84. The molecule has 4 rings (SSSR count). The summed E-state index contributed by atoms with van der Waals surface area (Å²) in [5.74, 6) is 7.61. The Morgan fingerprint density at radius 1 is 0.871 bits per heavy atom. The van der Waals surface area contributed by atoms with Crippen molar-refractivity contribution in [2.24, 2.45) is 0 Å². The van der Waals surface area contributed by atoms with Gasteiger partial charge in [-0.15, -0.1) is 0 Å². The first-order valence-corrected chi connectivity index (χ1v) is 10.7. The van der Waals surface area contributed by atoms with E-state index in [4.69, 9.17) is 10.7 Å². The summed E-state index contributed by atoms with van der Waals surface area (Å²) >= 11 is 0. The molecule has 154 valence electrons. The van der Waals surface area contributed by atoms with Crippen molar-refractivity contribution >= 4 is 5.69 Å². The second-order valence-corrected chi connectivity index (χ2v) is 7.70. The van der Waals surface area contributed by atoms with Crippen molar-refractivity contribution in [2.45, 2.75) is 33.2 Å². The lowest BCUT2D eigenvalue weighted by Crippen LogP contribution is -2.07. The number of rotatable bonds is 5. The van der Waals surface area contributed by atoms with E-state index in [2.05, 4.69) is 60.6 Å². The first-order chi connectivity index (χ1) is 15.2. The summed E-state index contributed by atoms with van der Waals surface area (Å²) in [4.78, 5) is 4.86. The van der Waals surface area contributed by atoms with E-state index in [1.54, 1.807) is 0 Å². The van der Waals surface area contributed by atoms with Gasteiger partial charge in [-0.1, -0.05) is 73.5 Å². The maximum Gasteiger partial charge on any atom is 0.134 e. The number of imidazole rings is 1. The Morgan fingerprint density at radius 3 is 2.29 bits per heavy atom. The van der Waals surface area contributed by atoms with E-state index in [1.807, 2.05) is 48.5 Å². The number of anilines is 1. The minimum absolute atomic E-state index is 0.783. The Kier molecular flexibility index (Phi) is 6.19. The van der Waals surface area contributed by atoms with E-state index >= 15 is 0 Å². The van der Waals surface area contributed by atoms with Gasteiger partial charge in [0.1, 0.15) is 11.5 Å². The zero-order valence-corrected chi connectivity index (χ0v) is 18.1. The Bertz CT molecular complexity index is 1220. The number of nitrogen functional groups attached to an aromatic ring is 1. The van der Waals surface area contributed by atoms with Crippen LogP contribution in [-0.4, -0.2) is 9.55 Å². The standard InChI is InChI=1S/C28H27N3/c1-3-9-28-30-27(19-16-22-10-5-4-6-11-22)21(2)31(28)20-23-14-17-24(18-15-23)25-12-7-8-13-26(25)29/h4-8,10-15,17-18H,3,9,20,29H2,1-2H3. The lowest BCUT2D eigenvalue weighted by Gasteiger charge is -2.11. The second-order valence-electron chi connectivity index (χ2n) is 7.70. The highest BCUT2D eigenvalue weighted by molar-refractivity contribution is 5.76. The molecule has 1 heterocycles. The van der Waals surface area contributed by atoms with Gasteiger partial charge in [-0.2, -0.15) is 0 Å². The van der Waals surface area contributed by atoms with E-state index in [0.29, 0.717) is 0 Å². The normalized spacial score (nSPS) is 10.5. The van der Waals surface area contributed by atoms with Crippen LogP contribution >= 0.6 is 0 Å². The first kappa shape index (κ1) is 20.5. The maximum absolute atomic E-state index is 6.14. The summed E-state index contributed by atoms with van der Waals surface area (Å²) < 4.78 is 2.30. The van der Waals surface area contributed by atoms with E-state index in [-0.39, 0.29) is 0 Å². The van der Waals surface area contributed by atoms with Crippen molar-refractivity contribution in [3.8, 4) is 23.0 Å². The van der Waals surface area contributed by atoms with Crippen LogP contribution in [-0.2, 0) is 13.0 Å². The molecular formula is C28H27N3. The quantitative estimate of drug-likeness (QED) is 0.335. The van der Waals surface area contributed by atoms with Crippen molar-refractivity contribution in [1.29, 1.82) is 0 Å². The van der Waals surface area contributed by atoms with Crippen molar-refractivity contribution in [3.63, 3.8) is 0 Å². The molecule has 2 N–H and O–H groups in total. The largest absolute Gasteiger partial charge is 0.398 e. The van der Waals surface area contributed by atoms with Crippen LogP contribution in [0.15, 0.2) is 78.9 Å². The van der Waals surface area contributed by atoms with Crippen LogP contribution in [0, 0.1) is 18.8 Å². The van der Waals surface area contributed by atoms with Crippen molar-refractivity contribution in [1.82, 2.24) is 9.55 Å². The van der Waals surface area contributed by atoms with Gasteiger partial charge in [0.15, 0.2) is 0 Å². The molecule has 31 heavy (non-hydrogen) atoms. The summed E-state index contributed by atoms with van der Waals surface area (Å²) in [6.45, 7) is 5.08. The highest BCUT2D eigenvalue weighted by atomic mass is 15.1. The molecule has 0 aliphatic heterocycles. The molecule has 0 fully saturated rings. The number of nitrogens with two attached hydrogens (primary N) is 1. The van der Waals surface area contributed by atoms with Crippen LogP contribution in [0.25, 0.3) is 11.1 Å². The summed E-state index contributed by atoms with van der Waals surface area (Å²) in [6.07, 6.45) is 1.99. The molecule has 0 aliphatic rings. The van der Waals surface area contributed by atoms with Gasteiger partial charge >= 0.3 is 0 Å². The van der Waals surface area contributed by atoms with Crippen LogP contribution in [0.3, 0.4) is 0 Å². The summed E-state index contributed by atoms with van der Waals surface area (Å²) in [5, 5.41) is 0. The van der Waals surface area contributed by atoms with Gasteiger partial charge in [-0.3, -0.25) is 0 Å². The average Bonchev–Trinajstić information content (AvgIpc) is 3.09. The van der Waals surface area contributed by atoms with Crippen LogP contribution in [0.4, 0.5) is 5.69 Å². The molecule has 0 atom stereocenters. The minimum Gasteiger partial charge on any atom is -0.398 e. The van der Waals surface area contributed by atoms with Crippen molar-refractivity contribution < 1.29 is 0 Å². The fourth-order valence-corrected chi connectivity index (χ4v) is 3.72. The van der Waals surface area contributed by atoms with Gasteiger partial charge < -0.3 is 10.3 Å². The molecule has 0 aliphatic carbocycles. The number of aromatic nitrogens is 2. The van der Waals surface area contributed by atoms with Crippen LogP contribution in [0.5, 0.6) is 0 Å². The molecule has 4 aromatic rings. The molecule has 0 bridgehead atoms. The van der Waals surface area contributed by atoms with E-state index in [0.717, 1.165) is 59.0 Å². The number of para-hydroxylation sites is 1. The molecule has 1 aromatic heterocycles. The number of hydrogen-bond donors (Lipinski definition) is 1. The molecule has 0 saturated carbocycles. The topological polar surface area (TPSA) is 43.8 Å². The van der Waals surface area contributed by atoms with Gasteiger partial charge in [-0.25, -0.2) is 4.98 Å². The summed E-state index contributed by atoms with van der Waals surface area (Å²) in [7, 11) is 0. The molecule has 0 amide bonds. The van der Waals surface area contributed by atoms with E-state index in [9.17, 15) is 0 Å². The number of hydrogen-bond acceptors (Lipinski definition) is 2.